The van der Waals surface area contributed by atoms with Crippen LogP contribution in [0.3, 0.4) is 0 Å². The van der Waals surface area contributed by atoms with Crippen molar-refractivity contribution in [3.05, 3.63) is 55.4 Å². The number of aryl methyl sites for hydroxylation is 1. The molecule has 1 heterocycles. The third kappa shape index (κ3) is 3.43. The molecule has 0 fully saturated rings. The first-order chi connectivity index (χ1) is 9.47. The average molecular weight is 359 g/mol. The molecule has 0 saturated carbocycles. The minimum absolute atomic E-state index is 0.0843. The molecule has 20 heavy (non-hydrogen) atoms. The van der Waals surface area contributed by atoms with Crippen LogP contribution in [0, 0.1) is 17.0 Å². The van der Waals surface area contributed by atoms with E-state index < -0.39 is 4.92 Å². The molecule has 0 amide bonds. The first kappa shape index (κ1) is 14.7. The Balaban J connectivity index is 2.24. The molecule has 0 saturated heterocycles. The van der Waals surface area contributed by atoms with E-state index in [1.165, 1.54) is 6.92 Å². The zero-order valence-electron chi connectivity index (χ0n) is 10.3. The zero-order chi connectivity index (χ0) is 14.7. The summed E-state index contributed by atoms with van der Waals surface area (Å²) >= 11 is 9.02. The van der Waals surface area contributed by atoms with Crippen LogP contribution in [0.15, 0.2) is 28.7 Å². The van der Waals surface area contributed by atoms with E-state index in [4.69, 9.17) is 16.3 Å². The molecule has 1 aromatic carbocycles. The summed E-state index contributed by atoms with van der Waals surface area (Å²) in [4.78, 5) is 17.9. The van der Waals surface area contributed by atoms with Crippen molar-refractivity contribution < 1.29 is 9.66 Å². The fourth-order valence-electron chi connectivity index (χ4n) is 1.55. The highest BCUT2D eigenvalue weighted by Crippen LogP contribution is 2.29. The average Bonchev–Trinajstić information content (AvgIpc) is 2.36. The van der Waals surface area contributed by atoms with Crippen LogP contribution in [0.25, 0.3) is 0 Å². The smallest absolute Gasteiger partial charge is 0.352 e. The Hall–Kier alpha value is -1.73. The number of ether oxygens (including phenoxy) is 1. The summed E-state index contributed by atoms with van der Waals surface area (Å²) in [6.07, 6.45) is 0. The van der Waals surface area contributed by atoms with Gasteiger partial charge in [0.2, 0.25) is 5.28 Å². The highest BCUT2D eigenvalue weighted by atomic mass is 79.9. The molecule has 6 nitrogen and oxygen atoms in total. The van der Waals surface area contributed by atoms with E-state index in [1.807, 2.05) is 24.3 Å². The number of nitro groups is 1. The Morgan fingerprint density at radius 1 is 1.35 bits per heavy atom. The summed E-state index contributed by atoms with van der Waals surface area (Å²) in [6, 6.07) is 7.38. The van der Waals surface area contributed by atoms with E-state index in [-0.39, 0.29) is 29.2 Å². The van der Waals surface area contributed by atoms with Gasteiger partial charge in [-0.05, 0) is 36.2 Å². The molecule has 2 aromatic rings. The Bertz CT molecular complexity index is 649. The first-order valence-corrected chi connectivity index (χ1v) is 6.70. The van der Waals surface area contributed by atoms with Crippen LogP contribution < -0.4 is 4.74 Å². The fourth-order valence-corrected chi connectivity index (χ4v) is 2.02. The van der Waals surface area contributed by atoms with Gasteiger partial charge in [-0.1, -0.05) is 28.1 Å². The number of aromatic nitrogens is 2. The molecule has 104 valence electrons. The maximum atomic E-state index is 11.0. The van der Waals surface area contributed by atoms with Crippen molar-refractivity contribution in [3.63, 3.8) is 0 Å². The summed E-state index contributed by atoms with van der Waals surface area (Å²) < 4.78 is 6.33. The molecule has 0 aliphatic heterocycles. The summed E-state index contributed by atoms with van der Waals surface area (Å²) in [5.74, 6) is -0.129. The van der Waals surface area contributed by atoms with Crippen LogP contribution in [-0.2, 0) is 6.61 Å². The molecular formula is C12H9BrClN3O3. The van der Waals surface area contributed by atoms with Crippen molar-refractivity contribution in [2.45, 2.75) is 13.5 Å². The molecule has 0 aliphatic rings. The fraction of sp³-hybridized carbons (Fsp3) is 0.167. The zero-order valence-corrected chi connectivity index (χ0v) is 12.7. The van der Waals surface area contributed by atoms with Gasteiger partial charge in [0.25, 0.3) is 5.88 Å². The van der Waals surface area contributed by atoms with Gasteiger partial charge >= 0.3 is 5.69 Å². The van der Waals surface area contributed by atoms with Gasteiger partial charge < -0.3 is 4.74 Å². The minimum atomic E-state index is -0.581. The van der Waals surface area contributed by atoms with Gasteiger partial charge in [0.1, 0.15) is 12.3 Å². The van der Waals surface area contributed by atoms with Gasteiger partial charge in [-0.15, -0.1) is 0 Å². The highest BCUT2D eigenvalue weighted by Gasteiger charge is 2.23. The topological polar surface area (TPSA) is 78.2 Å². The van der Waals surface area contributed by atoms with Crippen molar-refractivity contribution in [2.75, 3.05) is 0 Å². The van der Waals surface area contributed by atoms with Crippen molar-refractivity contribution >= 4 is 33.2 Å². The lowest BCUT2D eigenvalue weighted by Gasteiger charge is -2.07. The standard InChI is InChI=1S/C12H9BrClN3O3/c1-7-10(17(18)19)11(16-12(14)15-7)20-6-8-2-4-9(13)5-3-8/h2-5H,6H2,1H3. The predicted molar refractivity (Wildman–Crippen MR) is 76.9 cm³/mol. The lowest BCUT2D eigenvalue weighted by atomic mass is 10.2. The number of hydrogen-bond donors (Lipinski definition) is 0. The molecule has 8 heteroatoms. The van der Waals surface area contributed by atoms with Gasteiger partial charge in [0.05, 0.1) is 4.92 Å². The number of hydrogen-bond acceptors (Lipinski definition) is 5. The first-order valence-electron chi connectivity index (χ1n) is 5.53. The van der Waals surface area contributed by atoms with Gasteiger partial charge in [0.15, 0.2) is 0 Å². The summed E-state index contributed by atoms with van der Waals surface area (Å²) in [6.45, 7) is 1.64. The normalized spacial score (nSPS) is 10.3. The summed E-state index contributed by atoms with van der Waals surface area (Å²) in [5.41, 5.74) is 0.752. The third-order valence-electron chi connectivity index (χ3n) is 2.47. The predicted octanol–water partition coefficient (Wildman–Crippen LogP) is 3.69. The van der Waals surface area contributed by atoms with Crippen molar-refractivity contribution in [1.82, 2.24) is 9.97 Å². The number of rotatable bonds is 4. The molecule has 0 aliphatic carbocycles. The minimum Gasteiger partial charge on any atom is -0.468 e. The van der Waals surface area contributed by atoms with E-state index in [0.29, 0.717) is 0 Å². The summed E-state index contributed by atoms with van der Waals surface area (Å²) in [5, 5.41) is 10.9. The Morgan fingerprint density at radius 2 is 2.00 bits per heavy atom. The Kier molecular flexibility index (Phi) is 4.51. The molecule has 1 aromatic heterocycles. The maximum Gasteiger partial charge on any atom is 0.352 e. The summed E-state index contributed by atoms with van der Waals surface area (Å²) in [7, 11) is 0. The second-order valence-electron chi connectivity index (χ2n) is 3.90. The monoisotopic (exact) mass is 357 g/mol. The Morgan fingerprint density at radius 3 is 2.60 bits per heavy atom. The third-order valence-corrected chi connectivity index (χ3v) is 3.17. The molecule has 0 atom stereocenters. The number of nitrogens with zero attached hydrogens (tertiary/aromatic N) is 3. The number of benzene rings is 1. The number of halogens is 2. The quantitative estimate of drug-likeness (QED) is 0.473. The lowest BCUT2D eigenvalue weighted by Crippen LogP contribution is -2.04. The van der Waals surface area contributed by atoms with E-state index in [9.17, 15) is 10.1 Å². The molecule has 0 radical (unpaired) electrons. The molecule has 2 rings (SSSR count). The molecule has 0 N–H and O–H groups in total. The van der Waals surface area contributed by atoms with Crippen LogP contribution in [-0.4, -0.2) is 14.9 Å². The van der Waals surface area contributed by atoms with E-state index in [0.717, 1.165) is 10.0 Å². The van der Waals surface area contributed by atoms with Crippen molar-refractivity contribution in [3.8, 4) is 5.88 Å². The van der Waals surface area contributed by atoms with Gasteiger partial charge in [-0.25, -0.2) is 4.98 Å². The van der Waals surface area contributed by atoms with Crippen LogP contribution in [0.5, 0.6) is 5.88 Å². The van der Waals surface area contributed by atoms with Gasteiger partial charge in [-0.2, -0.15) is 4.98 Å². The van der Waals surface area contributed by atoms with Crippen LogP contribution in [0.2, 0.25) is 5.28 Å². The highest BCUT2D eigenvalue weighted by molar-refractivity contribution is 9.10. The SMILES string of the molecule is Cc1nc(Cl)nc(OCc2ccc(Br)cc2)c1[N+](=O)[O-]. The second kappa shape index (κ2) is 6.15. The van der Waals surface area contributed by atoms with E-state index in [2.05, 4.69) is 25.9 Å². The van der Waals surface area contributed by atoms with Crippen molar-refractivity contribution in [2.24, 2.45) is 0 Å². The Labute approximate surface area is 128 Å². The van der Waals surface area contributed by atoms with Crippen molar-refractivity contribution in [1.29, 1.82) is 0 Å². The van der Waals surface area contributed by atoms with Crippen LogP contribution in [0.4, 0.5) is 5.69 Å². The van der Waals surface area contributed by atoms with Crippen LogP contribution in [0.1, 0.15) is 11.3 Å². The molecule has 0 bridgehead atoms. The largest absolute Gasteiger partial charge is 0.468 e. The molecule has 0 unspecified atom stereocenters. The lowest BCUT2D eigenvalue weighted by molar-refractivity contribution is -0.387. The van der Waals surface area contributed by atoms with E-state index >= 15 is 0 Å². The molecule has 0 spiro atoms. The van der Waals surface area contributed by atoms with Crippen LogP contribution >= 0.6 is 27.5 Å². The maximum absolute atomic E-state index is 11.0. The van der Waals surface area contributed by atoms with Gasteiger partial charge in [0, 0.05) is 4.47 Å². The second-order valence-corrected chi connectivity index (χ2v) is 5.16. The van der Waals surface area contributed by atoms with Gasteiger partial charge in [-0.3, -0.25) is 10.1 Å². The molecular weight excluding hydrogens is 350 g/mol. The van der Waals surface area contributed by atoms with E-state index in [1.54, 1.807) is 0 Å².